The molecule has 1 saturated heterocycles. The van der Waals surface area contributed by atoms with Crippen LogP contribution in [0, 0.1) is 0 Å². The average molecular weight is 447 g/mol. The van der Waals surface area contributed by atoms with Crippen LogP contribution < -0.4 is 14.8 Å². The highest BCUT2D eigenvalue weighted by atomic mass is 16.7. The number of H-pyrrole nitrogens is 1. The Balaban J connectivity index is 1.51. The Hall–Kier alpha value is -4.01. The number of carbonyl (C=O) groups is 3. The second-order valence-corrected chi connectivity index (χ2v) is 8.54. The van der Waals surface area contributed by atoms with Crippen molar-refractivity contribution in [2.45, 2.75) is 37.4 Å². The van der Waals surface area contributed by atoms with Gasteiger partial charge in [-0.3, -0.25) is 14.4 Å². The number of carbonyl (C=O) groups excluding carboxylic acids is 2. The first kappa shape index (κ1) is 19.7. The van der Waals surface area contributed by atoms with E-state index < -0.39 is 24.1 Å². The van der Waals surface area contributed by atoms with Crippen molar-refractivity contribution in [3.05, 3.63) is 59.3 Å². The average Bonchev–Trinajstić information content (AvgIpc) is 3.43. The zero-order valence-electron chi connectivity index (χ0n) is 17.5. The summed E-state index contributed by atoms with van der Waals surface area (Å²) in [4.78, 5) is 42.9. The van der Waals surface area contributed by atoms with Gasteiger partial charge in [0.15, 0.2) is 11.5 Å². The number of piperazine rings is 1. The summed E-state index contributed by atoms with van der Waals surface area (Å²) in [5, 5.41) is 12.9. The lowest BCUT2D eigenvalue weighted by Crippen LogP contribution is -2.66. The second-order valence-electron chi connectivity index (χ2n) is 8.54. The van der Waals surface area contributed by atoms with Gasteiger partial charge >= 0.3 is 5.97 Å². The van der Waals surface area contributed by atoms with Gasteiger partial charge < -0.3 is 29.8 Å². The molecule has 0 bridgehead atoms. The second kappa shape index (κ2) is 7.26. The standard InChI is InChI=1S/C24H21N3O6/c28-20(29)8-6-16-24(31)27-17(23(30)26-16)10-14-13-3-1-2-4-15(13)25-21(14)22(27)12-5-7-18-19(9-12)33-11-32-18/h1-5,7,9,16-17,22,25H,6,8,10-11H2,(H,26,30)(H,28,29)/t16-,17+,22+/m0/s1. The molecule has 2 amide bonds. The molecule has 0 spiro atoms. The van der Waals surface area contributed by atoms with E-state index in [1.807, 2.05) is 36.4 Å². The third kappa shape index (κ3) is 3.03. The highest BCUT2D eigenvalue weighted by molar-refractivity contribution is 5.99. The van der Waals surface area contributed by atoms with Crippen molar-refractivity contribution in [3.63, 3.8) is 0 Å². The lowest BCUT2D eigenvalue weighted by Gasteiger charge is -2.46. The van der Waals surface area contributed by atoms with Crippen molar-refractivity contribution in [1.82, 2.24) is 15.2 Å². The van der Waals surface area contributed by atoms with Crippen molar-refractivity contribution >= 4 is 28.7 Å². The molecule has 168 valence electrons. The van der Waals surface area contributed by atoms with Crippen molar-refractivity contribution in [2.24, 2.45) is 0 Å². The summed E-state index contributed by atoms with van der Waals surface area (Å²) in [5.41, 5.74) is 3.58. The molecule has 6 rings (SSSR count). The number of carboxylic acid groups (broad SMARTS) is 1. The largest absolute Gasteiger partial charge is 0.481 e. The van der Waals surface area contributed by atoms with Crippen molar-refractivity contribution < 1.29 is 29.0 Å². The summed E-state index contributed by atoms with van der Waals surface area (Å²) in [6.07, 6.45) is 0.210. The quantitative estimate of drug-likeness (QED) is 0.563. The molecule has 0 saturated carbocycles. The fourth-order valence-electron chi connectivity index (χ4n) is 5.17. The summed E-state index contributed by atoms with van der Waals surface area (Å²) in [6.45, 7) is 0.131. The minimum atomic E-state index is -1.01. The van der Waals surface area contributed by atoms with Crippen LogP contribution in [0.2, 0.25) is 0 Å². The number of ether oxygens (including phenoxy) is 2. The summed E-state index contributed by atoms with van der Waals surface area (Å²) in [6, 6.07) is 11.3. The molecule has 2 aromatic carbocycles. The van der Waals surface area contributed by atoms with Crippen LogP contribution in [0.3, 0.4) is 0 Å². The summed E-state index contributed by atoms with van der Waals surface area (Å²) in [7, 11) is 0. The van der Waals surface area contributed by atoms with Crippen LogP contribution in [0.25, 0.3) is 10.9 Å². The number of benzene rings is 2. The number of nitrogens with zero attached hydrogens (tertiary/aromatic N) is 1. The SMILES string of the molecule is O=C(O)CC[C@@H]1NC(=O)[C@H]2Cc3c([nH]c4ccccc34)[C@@H](c3ccc4c(c3)OCO4)N2C1=O. The lowest BCUT2D eigenvalue weighted by molar-refractivity contribution is -0.153. The summed E-state index contributed by atoms with van der Waals surface area (Å²) >= 11 is 0. The van der Waals surface area contributed by atoms with Crippen LogP contribution in [0.4, 0.5) is 0 Å². The lowest BCUT2D eigenvalue weighted by atomic mass is 9.85. The molecule has 1 fully saturated rings. The number of fused-ring (bicyclic) bond motifs is 5. The smallest absolute Gasteiger partial charge is 0.303 e. The molecule has 0 unspecified atom stereocenters. The van der Waals surface area contributed by atoms with E-state index in [1.54, 1.807) is 11.0 Å². The molecule has 9 heteroatoms. The van der Waals surface area contributed by atoms with Crippen LogP contribution >= 0.6 is 0 Å². The maximum absolute atomic E-state index is 13.6. The van der Waals surface area contributed by atoms with Gasteiger partial charge in [0, 0.05) is 29.4 Å². The monoisotopic (exact) mass is 447 g/mol. The highest BCUT2D eigenvalue weighted by Gasteiger charge is 2.49. The van der Waals surface area contributed by atoms with Crippen LogP contribution in [-0.2, 0) is 20.8 Å². The minimum absolute atomic E-state index is 0.0382. The van der Waals surface area contributed by atoms with Gasteiger partial charge in [-0.1, -0.05) is 24.3 Å². The molecule has 3 N–H and O–H groups in total. The molecule has 0 aliphatic carbocycles. The van der Waals surface area contributed by atoms with Gasteiger partial charge in [0.25, 0.3) is 0 Å². The summed E-state index contributed by atoms with van der Waals surface area (Å²) < 4.78 is 11.0. The highest BCUT2D eigenvalue weighted by Crippen LogP contribution is 2.44. The normalized spacial score (nSPS) is 23.3. The van der Waals surface area contributed by atoms with E-state index in [-0.39, 0.29) is 31.4 Å². The van der Waals surface area contributed by atoms with Gasteiger partial charge in [0.05, 0.1) is 6.04 Å². The van der Waals surface area contributed by atoms with E-state index >= 15 is 0 Å². The van der Waals surface area contributed by atoms with E-state index in [9.17, 15) is 14.4 Å². The van der Waals surface area contributed by atoms with Crippen LogP contribution in [-0.4, -0.2) is 51.7 Å². The molecule has 9 nitrogen and oxygen atoms in total. The maximum atomic E-state index is 13.6. The number of amides is 2. The number of hydrogen-bond donors (Lipinski definition) is 3. The van der Waals surface area contributed by atoms with Gasteiger partial charge in [-0.05, 0) is 35.7 Å². The number of hydrogen-bond acceptors (Lipinski definition) is 5. The van der Waals surface area contributed by atoms with E-state index in [2.05, 4.69) is 10.3 Å². The first-order valence-corrected chi connectivity index (χ1v) is 10.8. The Morgan fingerprint density at radius 2 is 1.94 bits per heavy atom. The van der Waals surface area contributed by atoms with Crippen molar-refractivity contribution in [2.75, 3.05) is 6.79 Å². The number of nitrogens with one attached hydrogen (secondary N) is 2. The van der Waals surface area contributed by atoms with Gasteiger partial charge in [-0.15, -0.1) is 0 Å². The molecule has 4 heterocycles. The van der Waals surface area contributed by atoms with Gasteiger partial charge in [0.2, 0.25) is 18.6 Å². The molecular weight excluding hydrogens is 426 g/mol. The number of para-hydroxylation sites is 1. The summed E-state index contributed by atoms with van der Waals surface area (Å²) in [5.74, 6) is -0.351. The molecule has 1 aromatic heterocycles. The minimum Gasteiger partial charge on any atom is -0.481 e. The Morgan fingerprint density at radius 3 is 2.79 bits per heavy atom. The zero-order valence-corrected chi connectivity index (χ0v) is 17.5. The zero-order chi connectivity index (χ0) is 22.7. The number of rotatable bonds is 4. The molecule has 33 heavy (non-hydrogen) atoms. The predicted molar refractivity (Wildman–Crippen MR) is 116 cm³/mol. The Bertz CT molecular complexity index is 1310. The molecule has 3 aliphatic heterocycles. The number of aromatic amines is 1. The van der Waals surface area contributed by atoms with Crippen LogP contribution in [0.1, 0.15) is 35.7 Å². The number of aromatic nitrogens is 1. The van der Waals surface area contributed by atoms with E-state index in [1.165, 1.54) is 0 Å². The van der Waals surface area contributed by atoms with Crippen molar-refractivity contribution in [1.29, 1.82) is 0 Å². The van der Waals surface area contributed by atoms with E-state index in [4.69, 9.17) is 14.6 Å². The molecule has 3 aromatic rings. The molecule has 3 aliphatic rings. The number of aliphatic carboxylic acids is 1. The van der Waals surface area contributed by atoms with Crippen LogP contribution in [0.5, 0.6) is 11.5 Å². The van der Waals surface area contributed by atoms with E-state index in [0.717, 1.165) is 27.7 Å². The third-order valence-electron chi connectivity index (χ3n) is 6.66. The Kier molecular flexibility index (Phi) is 4.33. The number of carboxylic acids is 1. The molecular formula is C24H21N3O6. The topological polar surface area (TPSA) is 121 Å². The first-order valence-electron chi connectivity index (χ1n) is 10.8. The van der Waals surface area contributed by atoms with Crippen LogP contribution in [0.15, 0.2) is 42.5 Å². The van der Waals surface area contributed by atoms with Gasteiger partial charge in [0.1, 0.15) is 12.1 Å². The maximum Gasteiger partial charge on any atom is 0.303 e. The predicted octanol–water partition coefficient (Wildman–Crippen LogP) is 2.10. The third-order valence-corrected chi connectivity index (χ3v) is 6.66. The van der Waals surface area contributed by atoms with E-state index in [0.29, 0.717) is 17.9 Å². The molecule has 3 atom stereocenters. The Labute approximate surface area is 188 Å². The fraction of sp³-hybridized carbons (Fsp3) is 0.292. The Morgan fingerprint density at radius 1 is 1.12 bits per heavy atom. The molecule has 0 radical (unpaired) electrons. The van der Waals surface area contributed by atoms with Crippen molar-refractivity contribution in [3.8, 4) is 11.5 Å². The first-order chi connectivity index (χ1) is 16.0. The van der Waals surface area contributed by atoms with Gasteiger partial charge in [-0.2, -0.15) is 0 Å². The fourth-order valence-corrected chi connectivity index (χ4v) is 5.17. The van der Waals surface area contributed by atoms with Gasteiger partial charge in [-0.25, -0.2) is 0 Å².